The van der Waals surface area contributed by atoms with E-state index in [1.54, 1.807) is 12.1 Å². The Hall–Kier alpha value is -1.38. The molecule has 1 aromatic heterocycles. The highest BCUT2D eigenvalue weighted by molar-refractivity contribution is 5.92. The number of nitrogens with two attached hydrogens (primary N) is 1. The summed E-state index contributed by atoms with van der Waals surface area (Å²) < 4.78 is 0. The zero-order chi connectivity index (χ0) is 10.9. The Labute approximate surface area is 84.3 Å². The molecule has 3 nitrogen and oxygen atoms in total. The highest BCUT2D eigenvalue weighted by atomic mass is 16.1. The fraction of sp³-hybridized carbons (Fsp3) is 0.455. The number of aryl methyl sites for hydroxylation is 1. The van der Waals surface area contributed by atoms with Gasteiger partial charge in [0.05, 0.1) is 0 Å². The minimum Gasteiger partial charge on any atom is -0.366 e. The van der Waals surface area contributed by atoms with Crippen molar-refractivity contribution in [3.63, 3.8) is 0 Å². The molecule has 0 bridgehead atoms. The SMILES string of the molecule is Cc1cc(C(N)=O)cc(C(C)(C)C)n1. The summed E-state index contributed by atoms with van der Waals surface area (Å²) in [6.45, 7) is 8.03. The second-order valence-corrected chi connectivity index (χ2v) is 4.50. The molecule has 0 aliphatic carbocycles. The zero-order valence-electron chi connectivity index (χ0n) is 9.09. The largest absolute Gasteiger partial charge is 0.366 e. The molecule has 0 saturated heterocycles. The van der Waals surface area contributed by atoms with Crippen LogP contribution in [0.15, 0.2) is 12.1 Å². The van der Waals surface area contributed by atoms with E-state index >= 15 is 0 Å². The topological polar surface area (TPSA) is 56.0 Å². The second-order valence-electron chi connectivity index (χ2n) is 4.50. The molecule has 0 radical (unpaired) electrons. The van der Waals surface area contributed by atoms with E-state index in [1.165, 1.54) is 0 Å². The van der Waals surface area contributed by atoms with Crippen molar-refractivity contribution in [2.24, 2.45) is 5.73 Å². The summed E-state index contributed by atoms with van der Waals surface area (Å²) in [6, 6.07) is 3.47. The van der Waals surface area contributed by atoms with Gasteiger partial charge >= 0.3 is 0 Å². The average Bonchev–Trinajstić information content (AvgIpc) is 2.01. The van der Waals surface area contributed by atoms with E-state index in [0.29, 0.717) is 5.56 Å². The third-order valence-corrected chi connectivity index (χ3v) is 2.01. The van der Waals surface area contributed by atoms with E-state index in [1.807, 2.05) is 6.92 Å². The molecular formula is C11H16N2O. The molecule has 76 valence electrons. The first-order valence-electron chi connectivity index (χ1n) is 4.59. The van der Waals surface area contributed by atoms with Gasteiger partial charge in [-0.15, -0.1) is 0 Å². The molecule has 0 aliphatic rings. The van der Waals surface area contributed by atoms with Crippen LogP contribution in [0.1, 0.15) is 42.5 Å². The number of hydrogen-bond donors (Lipinski definition) is 1. The molecule has 3 heteroatoms. The third-order valence-electron chi connectivity index (χ3n) is 2.01. The number of amides is 1. The van der Waals surface area contributed by atoms with Crippen LogP contribution in [-0.4, -0.2) is 10.9 Å². The maximum atomic E-state index is 11.0. The van der Waals surface area contributed by atoms with Gasteiger partial charge in [-0.1, -0.05) is 20.8 Å². The van der Waals surface area contributed by atoms with Gasteiger partial charge < -0.3 is 5.73 Å². The maximum Gasteiger partial charge on any atom is 0.248 e. The van der Waals surface area contributed by atoms with Gasteiger partial charge in [0.15, 0.2) is 0 Å². The summed E-state index contributed by atoms with van der Waals surface area (Å²) in [4.78, 5) is 15.4. The Bertz CT molecular complexity index is 364. The Kier molecular flexibility index (Phi) is 2.60. The Balaban J connectivity index is 3.28. The van der Waals surface area contributed by atoms with E-state index < -0.39 is 5.91 Å². The van der Waals surface area contributed by atoms with E-state index in [4.69, 9.17) is 5.73 Å². The monoisotopic (exact) mass is 192 g/mol. The summed E-state index contributed by atoms with van der Waals surface area (Å²) in [5.41, 5.74) is 7.42. The van der Waals surface area contributed by atoms with Crippen molar-refractivity contribution >= 4 is 5.91 Å². The second kappa shape index (κ2) is 3.40. The molecule has 0 aromatic carbocycles. The van der Waals surface area contributed by atoms with Crippen molar-refractivity contribution in [1.82, 2.24) is 4.98 Å². The van der Waals surface area contributed by atoms with Crippen LogP contribution in [-0.2, 0) is 5.41 Å². The van der Waals surface area contributed by atoms with Crippen molar-refractivity contribution in [3.8, 4) is 0 Å². The van der Waals surface area contributed by atoms with Crippen LogP contribution in [0.25, 0.3) is 0 Å². The van der Waals surface area contributed by atoms with Crippen molar-refractivity contribution < 1.29 is 4.79 Å². The average molecular weight is 192 g/mol. The molecule has 1 heterocycles. The molecule has 0 unspecified atom stereocenters. The molecule has 0 saturated carbocycles. The van der Waals surface area contributed by atoms with Crippen LogP contribution < -0.4 is 5.73 Å². The first-order chi connectivity index (χ1) is 6.30. The molecule has 2 N–H and O–H groups in total. The molecule has 1 amide bonds. The normalized spacial score (nSPS) is 11.4. The van der Waals surface area contributed by atoms with Crippen LogP contribution in [0.4, 0.5) is 0 Å². The highest BCUT2D eigenvalue weighted by Gasteiger charge is 2.17. The quantitative estimate of drug-likeness (QED) is 0.737. The minimum absolute atomic E-state index is 0.0593. The number of carbonyl (C=O) groups is 1. The Morgan fingerprint density at radius 1 is 1.36 bits per heavy atom. The third kappa shape index (κ3) is 2.31. The molecule has 1 rings (SSSR count). The van der Waals surface area contributed by atoms with Gasteiger partial charge in [-0.2, -0.15) is 0 Å². The number of pyridine rings is 1. The Morgan fingerprint density at radius 2 is 1.93 bits per heavy atom. The Morgan fingerprint density at radius 3 is 2.36 bits per heavy atom. The van der Waals surface area contributed by atoms with Crippen molar-refractivity contribution in [2.75, 3.05) is 0 Å². The highest BCUT2D eigenvalue weighted by Crippen LogP contribution is 2.21. The lowest BCUT2D eigenvalue weighted by Gasteiger charge is -2.18. The first kappa shape index (κ1) is 10.7. The summed E-state index contributed by atoms with van der Waals surface area (Å²) in [5, 5.41) is 0. The van der Waals surface area contributed by atoms with Crippen LogP contribution in [0.3, 0.4) is 0 Å². The van der Waals surface area contributed by atoms with E-state index in [9.17, 15) is 4.79 Å². The lowest BCUT2D eigenvalue weighted by molar-refractivity contribution is 0.1000. The van der Waals surface area contributed by atoms with E-state index in [0.717, 1.165) is 11.4 Å². The van der Waals surface area contributed by atoms with Gasteiger partial charge in [0.1, 0.15) is 0 Å². The molecule has 1 aromatic rings. The first-order valence-corrected chi connectivity index (χ1v) is 4.59. The van der Waals surface area contributed by atoms with E-state index in [-0.39, 0.29) is 5.41 Å². The maximum absolute atomic E-state index is 11.0. The number of nitrogens with zero attached hydrogens (tertiary/aromatic N) is 1. The summed E-state index contributed by atoms with van der Waals surface area (Å²) >= 11 is 0. The number of carbonyl (C=O) groups excluding carboxylic acids is 1. The molecule has 14 heavy (non-hydrogen) atoms. The summed E-state index contributed by atoms with van der Waals surface area (Å²) in [5.74, 6) is -0.402. The van der Waals surface area contributed by atoms with Gasteiger partial charge in [0.2, 0.25) is 5.91 Å². The van der Waals surface area contributed by atoms with Crippen molar-refractivity contribution in [2.45, 2.75) is 33.1 Å². The van der Waals surface area contributed by atoms with Gasteiger partial charge in [-0.25, -0.2) is 0 Å². The fourth-order valence-corrected chi connectivity index (χ4v) is 1.20. The summed E-state index contributed by atoms with van der Waals surface area (Å²) in [6.07, 6.45) is 0. The van der Waals surface area contributed by atoms with Crippen LogP contribution in [0.2, 0.25) is 0 Å². The number of hydrogen-bond acceptors (Lipinski definition) is 2. The molecule has 0 fully saturated rings. The standard InChI is InChI=1S/C11H16N2O/c1-7-5-8(10(12)14)6-9(13-7)11(2,3)4/h5-6H,1-4H3,(H2,12,14). The fourth-order valence-electron chi connectivity index (χ4n) is 1.20. The minimum atomic E-state index is -0.402. The number of primary amides is 1. The van der Waals surface area contributed by atoms with Gasteiger partial charge in [0, 0.05) is 22.4 Å². The number of aromatic nitrogens is 1. The van der Waals surface area contributed by atoms with Gasteiger partial charge in [-0.3, -0.25) is 9.78 Å². The zero-order valence-corrected chi connectivity index (χ0v) is 9.09. The van der Waals surface area contributed by atoms with Crippen molar-refractivity contribution in [3.05, 3.63) is 29.1 Å². The van der Waals surface area contributed by atoms with Crippen LogP contribution in [0, 0.1) is 6.92 Å². The van der Waals surface area contributed by atoms with Gasteiger partial charge in [0.25, 0.3) is 0 Å². The van der Waals surface area contributed by atoms with Crippen molar-refractivity contribution in [1.29, 1.82) is 0 Å². The lowest BCUT2D eigenvalue weighted by atomic mass is 9.90. The van der Waals surface area contributed by atoms with Gasteiger partial charge in [-0.05, 0) is 19.1 Å². The molecule has 0 aliphatic heterocycles. The summed E-state index contributed by atoms with van der Waals surface area (Å²) in [7, 11) is 0. The lowest BCUT2D eigenvalue weighted by Crippen LogP contribution is -2.18. The molecule has 0 atom stereocenters. The van der Waals surface area contributed by atoms with E-state index in [2.05, 4.69) is 25.8 Å². The van der Waals surface area contributed by atoms with Crippen LogP contribution in [0.5, 0.6) is 0 Å². The van der Waals surface area contributed by atoms with Crippen LogP contribution >= 0.6 is 0 Å². The predicted molar refractivity (Wildman–Crippen MR) is 56.2 cm³/mol. The smallest absolute Gasteiger partial charge is 0.248 e. The predicted octanol–water partition coefficient (Wildman–Crippen LogP) is 1.79. The number of rotatable bonds is 1. The molecular weight excluding hydrogens is 176 g/mol. The molecule has 0 spiro atoms.